The zero-order valence-electron chi connectivity index (χ0n) is 14.1. The predicted octanol–water partition coefficient (Wildman–Crippen LogP) is 3.61. The Morgan fingerprint density at radius 2 is 1.75 bits per heavy atom. The van der Waals surface area contributed by atoms with Crippen LogP contribution in [-0.2, 0) is 16.0 Å². The summed E-state index contributed by atoms with van der Waals surface area (Å²) in [7, 11) is 0. The summed E-state index contributed by atoms with van der Waals surface area (Å²) in [4.78, 5) is 25.9. The second-order valence-corrected chi connectivity index (χ2v) is 6.31. The lowest BCUT2D eigenvalue weighted by atomic mass is 10.1. The molecule has 1 saturated heterocycles. The second-order valence-electron chi connectivity index (χ2n) is 6.31. The molecule has 124 valence electrons. The van der Waals surface area contributed by atoms with E-state index in [0.29, 0.717) is 12.8 Å². The van der Waals surface area contributed by atoms with E-state index in [2.05, 4.69) is 5.32 Å². The predicted molar refractivity (Wildman–Crippen MR) is 96.3 cm³/mol. The molecule has 0 radical (unpaired) electrons. The van der Waals surface area contributed by atoms with Gasteiger partial charge in [-0.3, -0.25) is 9.59 Å². The van der Waals surface area contributed by atoms with Crippen LogP contribution >= 0.6 is 0 Å². The molecule has 1 fully saturated rings. The van der Waals surface area contributed by atoms with Gasteiger partial charge in [0.1, 0.15) is 0 Å². The highest BCUT2D eigenvalue weighted by molar-refractivity contribution is 5.96. The van der Waals surface area contributed by atoms with E-state index in [1.807, 2.05) is 56.3 Å². The number of amides is 2. The van der Waals surface area contributed by atoms with E-state index in [1.165, 1.54) is 0 Å². The average molecular weight is 322 g/mol. The molecule has 4 nitrogen and oxygen atoms in total. The molecule has 1 heterocycles. The smallest absolute Gasteiger partial charge is 0.228 e. The molecule has 3 rings (SSSR count). The third-order valence-electron chi connectivity index (χ3n) is 4.43. The van der Waals surface area contributed by atoms with Gasteiger partial charge in [-0.1, -0.05) is 30.3 Å². The van der Waals surface area contributed by atoms with E-state index in [4.69, 9.17) is 0 Å². The summed E-state index contributed by atoms with van der Waals surface area (Å²) in [5.41, 5.74) is 4.87. The fourth-order valence-corrected chi connectivity index (χ4v) is 3.10. The van der Waals surface area contributed by atoms with E-state index >= 15 is 0 Å². The van der Waals surface area contributed by atoms with E-state index in [0.717, 1.165) is 41.0 Å². The highest BCUT2D eigenvalue weighted by Gasteiger charge is 2.21. The number of benzene rings is 2. The first-order valence-electron chi connectivity index (χ1n) is 8.30. The molecule has 2 aromatic carbocycles. The van der Waals surface area contributed by atoms with Gasteiger partial charge in [0.05, 0.1) is 6.42 Å². The summed E-state index contributed by atoms with van der Waals surface area (Å²) < 4.78 is 0. The molecule has 1 aliphatic heterocycles. The number of carbonyl (C=O) groups is 2. The van der Waals surface area contributed by atoms with Gasteiger partial charge in [0.15, 0.2) is 0 Å². The van der Waals surface area contributed by atoms with Crippen LogP contribution in [0, 0.1) is 13.8 Å². The number of nitrogens with one attached hydrogen (secondary N) is 1. The number of hydrogen-bond acceptors (Lipinski definition) is 2. The third kappa shape index (κ3) is 3.48. The van der Waals surface area contributed by atoms with Crippen molar-refractivity contribution >= 4 is 23.2 Å². The number of rotatable bonds is 4. The van der Waals surface area contributed by atoms with Crippen molar-refractivity contribution in [3.63, 3.8) is 0 Å². The Bertz CT molecular complexity index is 745. The van der Waals surface area contributed by atoms with Gasteiger partial charge < -0.3 is 10.2 Å². The minimum absolute atomic E-state index is 0.0302. The van der Waals surface area contributed by atoms with Gasteiger partial charge >= 0.3 is 0 Å². The number of nitrogens with zero attached hydrogens (tertiary/aromatic N) is 1. The first-order valence-corrected chi connectivity index (χ1v) is 8.30. The maximum atomic E-state index is 12.3. The summed E-state index contributed by atoms with van der Waals surface area (Å²) in [6.07, 6.45) is 1.86. The van der Waals surface area contributed by atoms with Crippen LogP contribution in [0.15, 0.2) is 42.5 Å². The summed E-state index contributed by atoms with van der Waals surface area (Å²) in [5.74, 6) is 0.146. The van der Waals surface area contributed by atoms with Gasteiger partial charge in [-0.05, 0) is 49.1 Å². The van der Waals surface area contributed by atoms with Gasteiger partial charge in [-0.2, -0.15) is 0 Å². The normalized spacial score (nSPS) is 14.1. The van der Waals surface area contributed by atoms with Crippen molar-refractivity contribution in [2.24, 2.45) is 0 Å². The van der Waals surface area contributed by atoms with Crippen molar-refractivity contribution in [3.8, 4) is 0 Å². The summed E-state index contributed by atoms with van der Waals surface area (Å²) in [6.45, 7) is 4.76. The molecule has 4 heteroatoms. The molecule has 0 atom stereocenters. The third-order valence-corrected chi connectivity index (χ3v) is 4.43. The van der Waals surface area contributed by atoms with Crippen LogP contribution < -0.4 is 10.2 Å². The molecule has 0 saturated carbocycles. The molecular weight excluding hydrogens is 300 g/mol. The fraction of sp³-hybridized carbons (Fsp3) is 0.300. The Hall–Kier alpha value is -2.62. The zero-order valence-corrected chi connectivity index (χ0v) is 14.1. The molecular formula is C20H22N2O2. The standard InChI is InChI=1S/C20H22N2O2/c1-14-5-3-6-15(2)20(14)21-18(23)13-16-8-10-17(11-9-16)22-12-4-7-19(22)24/h3,5-6,8-11H,4,7,12-13H2,1-2H3,(H,21,23). The van der Waals surface area contributed by atoms with Crippen LogP contribution in [0.1, 0.15) is 29.5 Å². The zero-order chi connectivity index (χ0) is 17.1. The molecule has 0 aromatic heterocycles. The van der Waals surface area contributed by atoms with Gasteiger partial charge in [0.2, 0.25) is 11.8 Å². The molecule has 1 N–H and O–H groups in total. The summed E-state index contributed by atoms with van der Waals surface area (Å²) >= 11 is 0. The maximum absolute atomic E-state index is 12.3. The van der Waals surface area contributed by atoms with Gasteiger partial charge in [-0.15, -0.1) is 0 Å². The number of carbonyl (C=O) groups excluding carboxylic acids is 2. The molecule has 2 amide bonds. The van der Waals surface area contributed by atoms with E-state index in [-0.39, 0.29) is 11.8 Å². The molecule has 0 unspecified atom stereocenters. The molecule has 2 aromatic rings. The highest BCUT2D eigenvalue weighted by atomic mass is 16.2. The van der Waals surface area contributed by atoms with Gasteiger partial charge in [0.25, 0.3) is 0 Å². The topological polar surface area (TPSA) is 49.4 Å². The summed E-state index contributed by atoms with van der Waals surface area (Å²) in [5, 5.41) is 3.00. The number of para-hydroxylation sites is 1. The highest BCUT2D eigenvalue weighted by Crippen LogP contribution is 2.22. The lowest BCUT2D eigenvalue weighted by molar-refractivity contribution is -0.117. The monoisotopic (exact) mass is 322 g/mol. The van der Waals surface area contributed by atoms with Crippen molar-refractivity contribution in [1.29, 1.82) is 0 Å². The van der Waals surface area contributed by atoms with Crippen LogP contribution in [0.2, 0.25) is 0 Å². The Labute approximate surface area is 142 Å². The lowest BCUT2D eigenvalue weighted by Crippen LogP contribution is -2.23. The first-order chi connectivity index (χ1) is 11.5. The van der Waals surface area contributed by atoms with E-state index < -0.39 is 0 Å². The van der Waals surface area contributed by atoms with Crippen molar-refractivity contribution in [2.75, 3.05) is 16.8 Å². The van der Waals surface area contributed by atoms with Gasteiger partial charge in [0, 0.05) is 24.3 Å². The Kier molecular flexibility index (Phi) is 4.65. The van der Waals surface area contributed by atoms with E-state index in [9.17, 15) is 9.59 Å². The SMILES string of the molecule is Cc1cccc(C)c1NC(=O)Cc1ccc(N2CCCC2=O)cc1. The van der Waals surface area contributed by atoms with Crippen LogP contribution in [0.3, 0.4) is 0 Å². The second kappa shape index (κ2) is 6.87. The van der Waals surface area contributed by atoms with Crippen LogP contribution in [0.25, 0.3) is 0 Å². The van der Waals surface area contributed by atoms with Crippen molar-refractivity contribution in [1.82, 2.24) is 0 Å². The largest absolute Gasteiger partial charge is 0.325 e. The summed E-state index contributed by atoms with van der Waals surface area (Å²) in [6, 6.07) is 13.7. The van der Waals surface area contributed by atoms with Crippen molar-refractivity contribution < 1.29 is 9.59 Å². The van der Waals surface area contributed by atoms with Crippen molar-refractivity contribution in [3.05, 3.63) is 59.2 Å². The maximum Gasteiger partial charge on any atom is 0.228 e. The molecule has 1 aliphatic rings. The Morgan fingerprint density at radius 1 is 1.08 bits per heavy atom. The van der Waals surface area contributed by atoms with Crippen LogP contribution in [0.5, 0.6) is 0 Å². The molecule has 0 aliphatic carbocycles. The first kappa shape index (κ1) is 16.2. The quantitative estimate of drug-likeness (QED) is 0.935. The number of anilines is 2. The van der Waals surface area contributed by atoms with Gasteiger partial charge in [-0.25, -0.2) is 0 Å². The Morgan fingerprint density at radius 3 is 2.33 bits per heavy atom. The minimum Gasteiger partial charge on any atom is -0.325 e. The number of hydrogen-bond donors (Lipinski definition) is 1. The molecule has 0 bridgehead atoms. The van der Waals surface area contributed by atoms with E-state index in [1.54, 1.807) is 4.90 Å². The average Bonchev–Trinajstić information content (AvgIpc) is 2.98. The van der Waals surface area contributed by atoms with Crippen LogP contribution in [-0.4, -0.2) is 18.4 Å². The number of aryl methyl sites for hydroxylation is 2. The lowest BCUT2D eigenvalue weighted by Gasteiger charge is -2.16. The fourth-order valence-electron chi connectivity index (χ4n) is 3.10. The molecule has 24 heavy (non-hydrogen) atoms. The van der Waals surface area contributed by atoms with Crippen molar-refractivity contribution in [2.45, 2.75) is 33.1 Å². The minimum atomic E-state index is -0.0302. The van der Waals surface area contributed by atoms with Crippen LogP contribution in [0.4, 0.5) is 11.4 Å². The molecule has 0 spiro atoms. The Balaban J connectivity index is 1.65.